The molecule has 14 heavy (non-hydrogen) atoms. The number of nitrogens with one attached hydrogen (secondary N) is 1. The maximum Gasteiger partial charge on any atom is 0.0519 e. The van der Waals surface area contributed by atoms with Crippen molar-refractivity contribution in [3.63, 3.8) is 0 Å². The van der Waals surface area contributed by atoms with E-state index < -0.39 is 0 Å². The minimum absolute atomic E-state index is 0.719. The topological polar surface area (TPSA) is 38.0 Å². The molecule has 1 aromatic rings. The van der Waals surface area contributed by atoms with Gasteiger partial charge in [0, 0.05) is 0 Å². The summed E-state index contributed by atoms with van der Waals surface area (Å²) < 4.78 is 0. The van der Waals surface area contributed by atoms with Gasteiger partial charge < -0.3 is 5.43 Å². The van der Waals surface area contributed by atoms with Gasteiger partial charge in [0.05, 0.1) is 5.69 Å². The van der Waals surface area contributed by atoms with Gasteiger partial charge in [-0.3, -0.25) is 5.84 Å². The smallest absolute Gasteiger partial charge is 0.0519 e. The van der Waals surface area contributed by atoms with Crippen molar-refractivity contribution in [2.75, 3.05) is 5.43 Å². The minimum Gasteiger partial charge on any atom is -0.324 e. The van der Waals surface area contributed by atoms with Crippen LogP contribution in [0, 0.1) is 0 Å². The average molecular weight is 190 g/mol. The molecular formula is C12H18N2. The number of hydrazine groups is 1. The van der Waals surface area contributed by atoms with Crippen molar-refractivity contribution in [3.05, 3.63) is 29.8 Å². The molecule has 0 radical (unpaired) electrons. The number of nitrogen functional groups attached to an aromatic ring is 1. The highest BCUT2D eigenvalue weighted by molar-refractivity contribution is 5.51. The molecule has 0 spiro atoms. The molecule has 3 N–H and O–H groups in total. The standard InChI is InChI=1S/C12H18N2/c13-14-12-9-5-4-8-11(12)10-6-2-1-3-7-10/h4-5,8-10,14H,1-3,6-7,13H2. The van der Waals surface area contributed by atoms with E-state index in [4.69, 9.17) is 5.84 Å². The van der Waals surface area contributed by atoms with Gasteiger partial charge in [0.2, 0.25) is 0 Å². The summed E-state index contributed by atoms with van der Waals surface area (Å²) in [5, 5.41) is 0. The number of rotatable bonds is 2. The molecule has 76 valence electrons. The van der Waals surface area contributed by atoms with Gasteiger partial charge >= 0.3 is 0 Å². The normalized spacial score (nSPS) is 18.1. The molecular weight excluding hydrogens is 172 g/mol. The van der Waals surface area contributed by atoms with Crippen molar-refractivity contribution in [1.82, 2.24) is 0 Å². The zero-order chi connectivity index (χ0) is 9.80. The van der Waals surface area contributed by atoms with E-state index in [1.807, 2.05) is 6.07 Å². The Labute approximate surface area is 85.5 Å². The molecule has 2 nitrogen and oxygen atoms in total. The Balaban J connectivity index is 2.20. The summed E-state index contributed by atoms with van der Waals surface area (Å²) >= 11 is 0. The van der Waals surface area contributed by atoms with Crippen molar-refractivity contribution >= 4 is 5.69 Å². The van der Waals surface area contributed by atoms with Crippen molar-refractivity contribution in [3.8, 4) is 0 Å². The molecule has 1 aromatic carbocycles. The Morgan fingerprint density at radius 2 is 1.79 bits per heavy atom. The zero-order valence-electron chi connectivity index (χ0n) is 8.50. The van der Waals surface area contributed by atoms with Gasteiger partial charge in [-0.25, -0.2) is 0 Å². The van der Waals surface area contributed by atoms with Gasteiger partial charge in [-0.15, -0.1) is 0 Å². The van der Waals surface area contributed by atoms with Crippen LogP contribution in [-0.4, -0.2) is 0 Å². The highest BCUT2D eigenvalue weighted by Gasteiger charge is 2.17. The molecule has 1 aliphatic carbocycles. The molecule has 0 bridgehead atoms. The number of anilines is 1. The van der Waals surface area contributed by atoms with Gasteiger partial charge in [0.15, 0.2) is 0 Å². The molecule has 0 aliphatic heterocycles. The first-order valence-corrected chi connectivity index (χ1v) is 5.47. The van der Waals surface area contributed by atoms with E-state index in [2.05, 4.69) is 23.6 Å². The Morgan fingerprint density at radius 1 is 1.07 bits per heavy atom. The van der Waals surface area contributed by atoms with Crippen molar-refractivity contribution in [2.45, 2.75) is 38.0 Å². The van der Waals surface area contributed by atoms with E-state index in [0.29, 0.717) is 0 Å². The third kappa shape index (κ3) is 1.90. The molecule has 0 amide bonds. The fourth-order valence-electron chi connectivity index (χ4n) is 2.40. The second-order valence-electron chi connectivity index (χ2n) is 4.07. The van der Waals surface area contributed by atoms with Gasteiger partial charge in [-0.2, -0.15) is 0 Å². The first-order chi connectivity index (χ1) is 6.92. The summed E-state index contributed by atoms with van der Waals surface area (Å²) in [5.74, 6) is 6.23. The zero-order valence-corrected chi connectivity index (χ0v) is 8.50. The number of nitrogens with two attached hydrogens (primary N) is 1. The van der Waals surface area contributed by atoms with Crippen molar-refractivity contribution in [1.29, 1.82) is 0 Å². The lowest BCUT2D eigenvalue weighted by atomic mass is 9.83. The molecule has 1 saturated carbocycles. The molecule has 2 rings (SSSR count). The summed E-state index contributed by atoms with van der Waals surface area (Å²) in [6, 6.07) is 8.39. The second-order valence-corrected chi connectivity index (χ2v) is 4.07. The molecule has 0 heterocycles. The number of benzene rings is 1. The third-order valence-electron chi connectivity index (χ3n) is 3.16. The SMILES string of the molecule is NNc1ccccc1C1CCCCC1. The van der Waals surface area contributed by atoms with Gasteiger partial charge in [0.25, 0.3) is 0 Å². The predicted octanol–water partition coefficient (Wildman–Crippen LogP) is 3.02. The quantitative estimate of drug-likeness (QED) is 0.555. The van der Waals surface area contributed by atoms with Crippen LogP contribution in [0.1, 0.15) is 43.6 Å². The highest BCUT2D eigenvalue weighted by Crippen LogP contribution is 2.35. The number of hydrogen-bond donors (Lipinski definition) is 2. The van der Waals surface area contributed by atoms with Crippen molar-refractivity contribution < 1.29 is 0 Å². The largest absolute Gasteiger partial charge is 0.324 e. The Bertz CT molecular complexity index is 290. The summed E-state index contributed by atoms with van der Waals surface area (Å²) in [6.45, 7) is 0. The molecule has 1 aliphatic rings. The lowest BCUT2D eigenvalue weighted by Crippen LogP contribution is -2.12. The van der Waals surface area contributed by atoms with Crippen molar-refractivity contribution in [2.24, 2.45) is 5.84 Å². The van der Waals surface area contributed by atoms with Crippen LogP contribution in [0.25, 0.3) is 0 Å². The number of para-hydroxylation sites is 1. The maximum absolute atomic E-state index is 5.51. The van der Waals surface area contributed by atoms with Gasteiger partial charge in [-0.05, 0) is 30.4 Å². The fraction of sp³-hybridized carbons (Fsp3) is 0.500. The first kappa shape index (κ1) is 9.53. The Kier molecular flexibility index (Phi) is 3.04. The Morgan fingerprint density at radius 3 is 2.50 bits per heavy atom. The lowest BCUT2D eigenvalue weighted by Gasteiger charge is -2.23. The van der Waals surface area contributed by atoms with Gasteiger partial charge in [0.1, 0.15) is 0 Å². The van der Waals surface area contributed by atoms with Crippen LogP contribution in [0.3, 0.4) is 0 Å². The molecule has 0 aromatic heterocycles. The van der Waals surface area contributed by atoms with Crippen LogP contribution in [0.4, 0.5) is 5.69 Å². The van der Waals surface area contributed by atoms with Crippen LogP contribution in [0.5, 0.6) is 0 Å². The highest BCUT2D eigenvalue weighted by atomic mass is 15.2. The van der Waals surface area contributed by atoms with E-state index in [-0.39, 0.29) is 0 Å². The predicted molar refractivity (Wildman–Crippen MR) is 60.1 cm³/mol. The molecule has 2 heteroatoms. The van der Waals surface area contributed by atoms with Crippen LogP contribution in [0.15, 0.2) is 24.3 Å². The minimum atomic E-state index is 0.719. The van der Waals surface area contributed by atoms with Gasteiger partial charge in [-0.1, -0.05) is 37.5 Å². The second kappa shape index (κ2) is 4.47. The van der Waals surface area contributed by atoms with Crippen LogP contribution >= 0.6 is 0 Å². The maximum atomic E-state index is 5.51. The third-order valence-corrected chi connectivity index (χ3v) is 3.16. The summed E-state index contributed by atoms with van der Waals surface area (Å²) in [5.41, 5.74) is 5.29. The monoisotopic (exact) mass is 190 g/mol. The van der Waals surface area contributed by atoms with E-state index >= 15 is 0 Å². The van der Waals surface area contributed by atoms with Crippen LogP contribution < -0.4 is 11.3 Å². The van der Waals surface area contributed by atoms with E-state index in [1.54, 1.807) is 0 Å². The van der Waals surface area contributed by atoms with E-state index in [1.165, 1.54) is 37.7 Å². The number of hydrogen-bond acceptors (Lipinski definition) is 2. The average Bonchev–Trinajstić information content (AvgIpc) is 2.30. The Hall–Kier alpha value is -1.02. The molecule has 0 unspecified atom stereocenters. The van der Waals surface area contributed by atoms with Crippen LogP contribution in [0.2, 0.25) is 0 Å². The molecule has 0 saturated heterocycles. The lowest BCUT2D eigenvalue weighted by molar-refractivity contribution is 0.444. The van der Waals surface area contributed by atoms with E-state index in [9.17, 15) is 0 Å². The molecule has 1 fully saturated rings. The summed E-state index contributed by atoms with van der Waals surface area (Å²) in [4.78, 5) is 0. The van der Waals surface area contributed by atoms with E-state index in [0.717, 1.165) is 11.6 Å². The van der Waals surface area contributed by atoms with Crippen LogP contribution in [-0.2, 0) is 0 Å². The fourth-order valence-corrected chi connectivity index (χ4v) is 2.40. The summed E-state index contributed by atoms with van der Waals surface area (Å²) in [6.07, 6.45) is 6.76. The summed E-state index contributed by atoms with van der Waals surface area (Å²) in [7, 11) is 0. The molecule has 0 atom stereocenters. The first-order valence-electron chi connectivity index (χ1n) is 5.47.